The van der Waals surface area contributed by atoms with Gasteiger partial charge in [-0.05, 0) is 31.2 Å². The zero-order chi connectivity index (χ0) is 28.3. The first-order valence-electron chi connectivity index (χ1n) is 12.3. The number of carbonyl (C=O) groups is 1. The Morgan fingerprint density at radius 3 is 2.77 bits per heavy atom. The van der Waals surface area contributed by atoms with E-state index in [0.717, 1.165) is 24.1 Å². The molecule has 4 heterocycles. The Kier molecular flexibility index (Phi) is 8.78. The number of nitrogens with zero attached hydrogens (tertiary/aromatic N) is 5. The first kappa shape index (κ1) is 28.6. The zero-order valence-electron chi connectivity index (χ0n) is 21.6. The number of hydrogen-bond acceptors (Lipinski definition) is 12. The van der Waals surface area contributed by atoms with E-state index in [0.29, 0.717) is 52.4 Å². The van der Waals surface area contributed by atoms with Gasteiger partial charge in [0.05, 0.1) is 27.5 Å². The minimum Gasteiger partial charge on any atom is -0.466 e. The van der Waals surface area contributed by atoms with Gasteiger partial charge >= 0.3 is 10.1 Å². The molecular weight excluding hydrogens is 598 g/mol. The lowest BCUT2D eigenvalue weighted by Gasteiger charge is -2.31. The highest BCUT2D eigenvalue weighted by molar-refractivity contribution is 7.98. The molecule has 0 N–H and O–H groups in total. The molecule has 1 fully saturated rings. The summed E-state index contributed by atoms with van der Waals surface area (Å²) in [5.74, 6) is 0.619. The van der Waals surface area contributed by atoms with Gasteiger partial charge in [0, 0.05) is 43.2 Å². The molecule has 2 aliphatic heterocycles. The highest BCUT2D eigenvalue weighted by Gasteiger charge is 2.32. The number of oxime groups is 1. The summed E-state index contributed by atoms with van der Waals surface area (Å²) in [7, 11) is -3.75. The lowest BCUT2D eigenvalue weighted by molar-refractivity contribution is -0.134. The van der Waals surface area contributed by atoms with Crippen molar-refractivity contribution < 1.29 is 27.0 Å². The summed E-state index contributed by atoms with van der Waals surface area (Å²) in [6, 6.07) is 4.79. The van der Waals surface area contributed by atoms with Crippen LogP contribution in [0.15, 0.2) is 46.2 Å². The van der Waals surface area contributed by atoms with Gasteiger partial charge in [-0.2, -0.15) is 8.42 Å². The fourth-order valence-corrected chi connectivity index (χ4v) is 6.72. The van der Waals surface area contributed by atoms with Crippen LogP contribution in [0.3, 0.4) is 0 Å². The van der Waals surface area contributed by atoms with Crippen LogP contribution >= 0.6 is 34.7 Å². The lowest BCUT2D eigenvalue weighted by Crippen LogP contribution is -2.40. The summed E-state index contributed by atoms with van der Waals surface area (Å²) in [4.78, 5) is 33.3. The smallest absolute Gasteiger partial charge is 0.306 e. The third-order valence-corrected chi connectivity index (χ3v) is 8.90. The Labute approximate surface area is 245 Å². The maximum atomic E-state index is 12.7. The number of halogens is 1. The van der Waals surface area contributed by atoms with Gasteiger partial charge in [0.15, 0.2) is 23.5 Å². The van der Waals surface area contributed by atoms with E-state index in [4.69, 9.17) is 30.3 Å². The molecule has 0 saturated carbocycles. The summed E-state index contributed by atoms with van der Waals surface area (Å²) in [6.07, 6.45) is 7.32. The molecule has 1 atom stereocenters. The second kappa shape index (κ2) is 12.3. The number of carbonyl (C=O) groups excluding carboxylic acids is 1. The number of hydrogen-bond donors (Lipinski definition) is 0. The highest BCUT2D eigenvalue weighted by Crippen LogP contribution is 2.40. The van der Waals surface area contributed by atoms with Gasteiger partial charge < -0.3 is 18.7 Å². The number of thioether (sulfide) groups is 1. The van der Waals surface area contributed by atoms with Gasteiger partial charge in [0.2, 0.25) is 5.88 Å². The second-order valence-electron chi connectivity index (χ2n) is 9.16. The third kappa shape index (κ3) is 6.67. The highest BCUT2D eigenvalue weighted by atomic mass is 35.5. The number of ether oxygens (including phenoxy) is 1. The van der Waals surface area contributed by atoms with Crippen molar-refractivity contribution in [1.29, 1.82) is 0 Å². The normalized spacial score (nSPS) is 17.8. The van der Waals surface area contributed by atoms with Gasteiger partial charge in [-0.25, -0.2) is 15.0 Å². The number of piperidine rings is 1. The maximum Gasteiger partial charge on any atom is 0.306 e. The predicted molar refractivity (Wildman–Crippen MR) is 152 cm³/mol. The van der Waals surface area contributed by atoms with Crippen molar-refractivity contribution in [2.75, 3.05) is 32.2 Å². The molecule has 1 aromatic carbocycles. The molecule has 5 rings (SSSR count). The molecule has 0 aliphatic carbocycles. The maximum absolute atomic E-state index is 12.7. The Hall–Kier alpha value is -2.94. The number of benzene rings is 1. The van der Waals surface area contributed by atoms with E-state index < -0.39 is 16.2 Å². The molecule has 2 aromatic heterocycles. The molecule has 11 nitrogen and oxygen atoms in total. The molecule has 0 radical (unpaired) electrons. The van der Waals surface area contributed by atoms with Gasteiger partial charge in [0.25, 0.3) is 5.91 Å². The average molecular weight is 624 g/mol. The molecule has 40 heavy (non-hydrogen) atoms. The summed E-state index contributed by atoms with van der Waals surface area (Å²) < 4.78 is 34.2. The van der Waals surface area contributed by atoms with Crippen LogP contribution in [0.2, 0.25) is 5.02 Å². The van der Waals surface area contributed by atoms with E-state index >= 15 is 0 Å². The minimum atomic E-state index is -3.75. The molecule has 2 aliphatic rings. The van der Waals surface area contributed by atoms with Crippen LogP contribution in [0.4, 0.5) is 0 Å². The van der Waals surface area contributed by atoms with E-state index in [2.05, 4.69) is 15.1 Å². The monoisotopic (exact) mass is 623 g/mol. The number of thiazole rings is 1. The molecule has 1 amide bonds. The quantitative estimate of drug-likeness (QED) is 0.251. The summed E-state index contributed by atoms with van der Waals surface area (Å²) in [5.41, 5.74) is 1.78. The van der Waals surface area contributed by atoms with Crippen LogP contribution < -0.4 is 8.92 Å². The van der Waals surface area contributed by atoms with E-state index in [1.54, 1.807) is 34.6 Å². The van der Waals surface area contributed by atoms with Crippen LogP contribution in [0, 0.1) is 0 Å². The van der Waals surface area contributed by atoms with Crippen LogP contribution in [-0.2, 0) is 19.8 Å². The zero-order valence-corrected chi connectivity index (χ0v) is 24.9. The van der Waals surface area contributed by atoms with Gasteiger partial charge in [-0.3, -0.25) is 4.79 Å². The topological polar surface area (TPSA) is 133 Å². The fraction of sp³-hybridized carbons (Fsp3) is 0.400. The standard InChI is InChI=1S/C25H26ClN5O6S3/c1-38-25-23(27-8-9-28-25)35-13-21(32)31-10-6-15(7-11-31)24-29-18(14-39-24)17-12-20(36-30-17)22-16(26)4-3-5-19(22)37-40(2,33)34/h3-5,8-9,14-15,20H,6-7,10-13H2,1-2H3. The molecular formula is C25H26ClN5O6S3. The molecule has 0 bridgehead atoms. The SMILES string of the molecule is CSc1nccnc1OCC(=O)N1CCC(c2nc(C3=NOC(c4c(Cl)cccc4OS(C)(=O)=O)C3)cs2)CC1. The lowest BCUT2D eigenvalue weighted by atomic mass is 9.97. The van der Waals surface area contributed by atoms with Crippen molar-refractivity contribution in [3.8, 4) is 11.6 Å². The molecule has 212 valence electrons. The van der Waals surface area contributed by atoms with Gasteiger partial charge in [0.1, 0.15) is 5.71 Å². The van der Waals surface area contributed by atoms with Crippen LogP contribution in [0.25, 0.3) is 0 Å². The van der Waals surface area contributed by atoms with Crippen molar-refractivity contribution in [3.63, 3.8) is 0 Å². The van der Waals surface area contributed by atoms with Gasteiger partial charge in [-0.15, -0.1) is 23.1 Å². The summed E-state index contributed by atoms with van der Waals surface area (Å²) in [6.45, 7) is 1.14. The van der Waals surface area contributed by atoms with E-state index in [9.17, 15) is 13.2 Å². The fourth-order valence-electron chi connectivity index (χ4n) is 4.51. The van der Waals surface area contributed by atoms with Crippen molar-refractivity contribution in [1.82, 2.24) is 19.9 Å². The van der Waals surface area contributed by atoms with E-state index in [1.807, 2.05) is 11.6 Å². The third-order valence-electron chi connectivity index (χ3n) is 6.42. The van der Waals surface area contributed by atoms with Crippen molar-refractivity contribution >= 4 is 56.4 Å². The molecule has 15 heteroatoms. The second-order valence-corrected chi connectivity index (χ2v) is 12.8. The minimum absolute atomic E-state index is 0.0817. The van der Waals surface area contributed by atoms with Crippen LogP contribution in [0.1, 0.15) is 47.5 Å². The molecule has 1 saturated heterocycles. The first-order valence-corrected chi connectivity index (χ1v) is 16.6. The Morgan fingerprint density at radius 2 is 2.02 bits per heavy atom. The number of aromatic nitrogens is 3. The Balaban J connectivity index is 1.16. The van der Waals surface area contributed by atoms with E-state index in [-0.39, 0.29) is 24.2 Å². The van der Waals surface area contributed by atoms with E-state index in [1.165, 1.54) is 24.0 Å². The van der Waals surface area contributed by atoms with Gasteiger partial charge in [-0.1, -0.05) is 22.8 Å². The largest absolute Gasteiger partial charge is 0.466 e. The van der Waals surface area contributed by atoms with Crippen LogP contribution in [-0.4, -0.2) is 72.1 Å². The first-order chi connectivity index (χ1) is 19.2. The average Bonchev–Trinajstić information content (AvgIpc) is 3.62. The number of likely N-dealkylation sites (tertiary alicyclic amines) is 1. The van der Waals surface area contributed by atoms with Crippen molar-refractivity contribution in [3.05, 3.63) is 57.3 Å². The van der Waals surface area contributed by atoms with Crippen LogP contribution in [0.5, 0.6) is 11.6 Å². The number of rotatable bonds is 9. The summed E-state index contributed by atoms with van der Waals surface area (Å²) >= 11 is 9.34. The molecule has 1 unspecified atom stereocenters. The van der Waals surface area contributed by atoms with Crippen molar-refractivity contribution in [2.45, 2.75) is 36.3 Å². The summed E-state index contributed by atoms with van der Waals surface area (Å²) in [5, 5.41) is 8.11. The van der Waals surface area contributed by atoms with Crippen molar-refractivity contribution in [2.24, 2.45) is 5.16 Å². The number of amides is 1. The Morgan fingerprint density at radius 1 is 1.25 bits per heavy atom. The molecule has 0 spiro atoms. The predicted octanol–water partition coefficient (Wildman–Crippen LogP) is 4.30. The molecule has 3 aromatic rings. The Bertz CT molecular complexity index is 1520.